The first-order valence-corrected chi connectivity index (χ1v) is 7.67. The standard InChI is InChI=1S/C19H17NO5/c1-25-14-9-7-12(8-10-14)16-15(18(23)19(24)20(16)11-21)17(22)13-5-3-2-4-6-13/h2-10,16,21-22H,11H2,1H3/t16-/m0/s1. The largest absolute Gasteiger partial charge is 0.507 e. The minimum atomic E-state index is -0.865. The van der Waals surface area contributed by atoms with E-state index in [1.54, 1.807) is 54.6 Å². The number of likely N-dealkylation sites (tertiary alicyclic amines) is 1. The Bertz CT molecular complexity index is 827. The number of rotatable bonds is 4. The molecule has 0 radical (unpaired) electrons. The number of benzene rings is 2. The number of aliphatic hydroxyl groups is 2. The lowest BCUT2D eigenvalue weighted by molar-refractivity contribution is -0.142. The van der Waals surface area contributed by atoms with Crippen LogP contribution in [0, 0.1) is 0 Å². The molecule has 0 aliphatic carbocycles. The average Bonchev–Trinajstić information content (AvgIpc) is 2.92. The van der Waals surface area contributed by atoms with E-state index in [9.17, 15) is 19.8 Å². The molecule has 1 fully saturated rings. The van der Waals surface area contributed by atoms with E-state index in [1.165, 1.54) is 7.11 Å². The van der Waals surface area contributed by atoms with Gasteiger partial charge in [0.2, 0.25) is 0 Å². The second-order valence-corrected chi connectivity index (χ2v) is 5.55. The lowest BCUT2D eigenvalue weighted by Gasteiger charge is -2.23. The van der Waals surface area contributed by atoms with Crippen LogP contribution in [0.25, 0.3) is 5.76 Å². The fourth-order valence-corrected chi connectivity index (χ4v) is 2.91. The van der Waals surface area contributed by atoms with E-state index in [0.717, 1.165) is 4.90 Å². The van der Waals surface area contributed by atoms with Gasteiger partial charge in [-0.3, -0.25) is 9.59 Å². The van der Waals surface area contributed by atoms with Gasteiger partial charge in [-0.2, -0.15) is 0 Å². The predicted molar refractivity (Wildman–Crippen MR) is 90.7 cm³/mol. The van der Waals surface area contributed by atoms with Crippen LogP contribution in [0.4, 0.5) is 0 Å². The maximum absolute atomic E-state index is 12.5. The van der Waals surface area contributed by atoms with Crippen molar-refractivity contribution in [3.8, 4) is 5.75 Å². The summed E-state index contributed by atoms with van der Waals surface area (Å²) < 4.78 is 5.11. The molecule has 128 valence electrons. The molecular formula is C19H17NO5. The van der Waals surface area contributed by atoms with Gasteiger partial charge < -0.3 is 19.8 Å². The Morgan fingerprint density at radius 1 is 1.08 bits per heavy atom. The van der Waals surface area contributed by atoms with Crippen molar-refractivity contribution in [2.24, 2.45) is 0 Å². The number of carbonyl (C=O) groups is 2. The molecule has 3 rings (SSSR count). The van der Waals surface area contributed by atoms with Gasteiger partial charge in [-0.15, -0.1) is 0 Å². The maximum Gasteiger partial charge on any atom is 0.297 e. The third-order valence-corrected chi connectivity index (χ3v) is 4.17. The lowest BCUT2D eigenvalue weighted by Crippen LogP contribution is -2.30. The quantitative estimate of drug-likeness (QED) is 0.506. The number of carbonyl (C=O) groups excluding carboxylic acids is 2. The van der Waals surface area contributed by atoms with Gasteiger partial charge >= 0.3 is 0 Å². The van der Waals surface area contributed by atoms with E-state index >= 15 is 0 Å². The molecule has 1 heterocycles. The maximum atomic E-state index is 12.5. The van der Waals surface area contributed by atoms with Crippen LogP contribution in [-0.2, 0) is 9.59 Å². The Balaban J connectivity index is 2.16. The number of hydrogen-bond acceptors (Lipinski definition) is 5. The Hall–Kier alpha value is -3.12. The molecule has 25 heavy (non-hydrogen) atoms. The highest BCUT2D eigenvalue weighted by atomic mass is 16.5. The average molecular weight is 339 g/mol. The van der Waals surface area contributed by atoms with Crippen molar-refractivity contribution >= 4 is 17.4 Å². The van der Waals surface area contributed by atoms with Gasteiger partial charge in [-0.25, -0.2) is 0 Å². The zero-order valence-corrected chi connectivity index (χ0v) is 13.5. The topological polar surface area (TPSA) is 87.1 Å². The first-order chi connectivity index (χ1) is 12.1. The molecule has 1 atom stereocenters. The third kappa shape index (κ3) is 2.88. The second kappa shape index (κ2) is 6.78. The molecule has 0 saturated carbocycles. The van der Waals surface area contributed by atoms with Crippen LogP contribution in [0.15, 0.2) is 60.2 Å². The summed E-state index contributed by atoms with van der Waals surface area (Å²) in [6, 6.07) is 14.4. The van der Waals surface area contributed by atoms with E-state index in [2.05, 4.69) is 0 Å². The highest BCUT2D eigenvalue weighted by Crippen LogP contribution is 2.39. The number of ether oxygens (including phenoxy) is 1. The molecule has 0 spiro atoms. The Kier molecular flexibility index (Phi) is 4.54. The highest BCUT2D eigenvalue weighted by molar-refractivity contribution is 6.46. The molecule has 1 saturated heterocycles. The summed E-state index contributed by atoms with van der Waals surface area (Å²) in [5.41, 5.74) is 0.971. The normalized spacial score (nSPS) is 19.3. The van der Waals surface area contributed by atoms with Crippen LogP contribution in [0.2, 0.25) is 0 Å². The van der Waals surface area contributed by atoms with Crippen LogP contribution < -0.4 is 4.74 Å². The molecule has 2 aromatic rings. The molecule has 1 aliphatic rings. The van der Waals surface area contributed by atoms with Crippen molar-refractivity contribution < 1.29 is 24.5 Å². The van der Waals surface area contributed by atoms with Gasteiger partial charge in [-0.1, -0.05) is 42.5 Å². The minimum Gasteiger partial charge on any atom is -0.507 e. The summed E-state index contributed by atoms with van der Waals surface area (Å²) in [5, 5.41) is 20.2. The zero-order chi connectivity index (χ0) is 18.0. The number of aliphatic hydroxyl groups excluding tert-OH is 2. The number of hydrogen-bond donors (Lipinski definition) is 2. The highest BCUT2D eigenvalue weighted by Gasteiger charge is 2.45. The van der Waals surface area contributed by atoms with Gasteiger partial charge in [0.15, 0.2) is 0 Å². The number of amides is 1. The van der Waals surface area contributed by atoms with Gasteiger partial charge in [0.25, 0.3) is 11.7 Å². The Morgan fingerprint density at radius 3 is 2.28 bits per heavy atom. The fourth-order valence-electron chi connectivity index (χ4n) is 2.91. The molecule has 0 unspecified atom stereocenters. The molecule has 1 aliphatic heterocycles. The molecular weight excluding hydrogens is 322 g/mol. The molecule has 1 amide bonds. The van der Waals surface area contributed by atoms with Crippen molar-refractivity contribution in [3.05, 3.63) is 71.3 Å². The van der Waals surface area contributed by atoms with Crippen molar-refractivity contribution in [2.75, 3.05) is 13.8 Å². The van der Waals surface area contributed by atoms with Crippen molar-refractivity contribution in [2.45, 2.75) is 6.04 Å². The van der Waals surface area contributed by atoms with Crippen LogP contribution in [-0.4, -0.2) is 40.6 Å². The monoisotopic (exact) mass is 339 g/mol. The molecule has 0 bridgehead atoms. The summed E-state index contributed by atoms with van der Waals surface area (Å²) in [5.74, 6) is -1.32. The second-order valence-electron chi connectivity index (χ2n) is 5.55. The molecule has 2 aromatic carbocycles. The molecule has 6 nitrogen and oxygen atoms in total. The van der Waals surface area contributed by atoms with E-state index in [1.807, 2.05) is 0 Å². The van der Waals surface area contributed by atoms with E-state index in [0.29, 0.717) is 16.9 Å². The first-order valence-electron chi connectivity index (χ1n) is 7.67. The number of methoxy groups -OCH3 is 1. The third-order valence-electron chi connectivity index (χ3n) is 4.17. The predicted octanol–water partition coefficient (Wildman–Crippen LogP) is 2.07. The molecule has 0 aromatic heterocycles. The van der Waals surface area contributed by atoms with E-state index < -0.39 is 24.5 Å². The van der Waals surface area contributed by atoms with Gasteiger partial charge in [0.05, 0.1) is 18.7 Å². The van der Waals surface area contributed by atoms with Gasteiger partial charge in [0.1, 0.15) is 18.2 Å². The lowest BCUT2D eigenvalue weighted by atomic mass is 9.95. The zero-order valence-electron chi connectivity index (χ0n) is 13.5. The number of Topliss-reactive ketones (excluding diaryl/α,β-unsaturated/α-hetero) is 1. The summed E-state index contributed by atoms with van der Waals surface area (Å²) >= 11 is 0. The van der Waals surface area contributed by atoms with Crippen LogP contribution in [0.3, 0.4) is 0 Å². The summed E-state index contributed by atoms with van der Waals surface area (Å²) in [4.78, 5) is 25.7. The van der Waals surface area contributed by atoms with Crippen molar-refractivity contribution in [3.63, 3.8) is 0 Å². The molecule has 6 heteroatoms. The minimum absolute atomic E-state index is 0.0459. The SMILES string of the molecule is COc1ccc([C@H]2C(=C(O)c3ccccc3)C(=O)C(=O)N2CO)cc1. The van der Waals surface area contributed by atoms with Gasteiger partial charge in [-0.05, 0) is 17.7 Å². The van der Waals surface area contributed by atoms with E-state index in [4.69, 9.17) is 4.74 Å². The summed E-state index contributed by atoms with van der Waals surface area (Å²) in [6.07, 6.45) is 0. The van der Waals surface area contributed by atoms with E-state index in [-0.39, 0.29) is 11.3 Å². The molecule has 2 N–H and O–H groups in total. The van der Waals surface area contributed by atoms with Crippen LogP contribution in [0.5, 0.6) is 5.75 Å². The van der Waals surface area contributed by atoms with Crippen molar-refractivity contribution in [1.29, 1.82) is 0 Å². The van der Waals surface area contributed by atoms with Crippen LogP contribution >= 0.6 is 0 Å². The van der Waals surface area contributed by atoms with Crippen molar-refractivity contribution in [1.82, 2.24) is 4.90 Å². The Morgan fingerprint density at radius 2 is 1.72 bits per heavy atom. The summed E-state index contributed by atoms with van der Waals surface area (Å²) in [7, 11) is 1.53. The first kappa shape index (κ1) is 16.7. The fraction of sp³-hybridized carbons (Fsp3) is 0.158. The number of ketones is 1. The summed E-state index contributed by atoms with van der Waals surface area (Å²) in [6.45, 7) is -0.632. The van der Waals surface area contributed by atoms with Gasteiger partial charge in [0, 0.05) is 5.56 Å². The van der Waals surface area contributed by atoms with Crippen LogP contribution in [0.1, 0.15) is 17.2 Å². The Labute approximate surface area is 144 Å². The smallest absolute Gasteiger partial charge is 0.297 e. The number of nitrogens with zero attached hydrogens (tertiary/aromatic N) is 1.